The Morgan fingerprint density at radius 2 is 1.82 bits per heavy atom. The van der Waals surface area contributed by atoms with Crippen LogP contribution in [0.5, 0.6) is 0 Å². The highest BCUT2D eigenvalue weighted by Crippen LogP contribution is 2.29. The van der Waals surface area contributed by atoms with E-state index in [1.165, 1.54) is 12.1 Å². The van der Waals surface area contributed by atoms with Gasteiger partial charge in [-0.05, 0) is 29.8 Å². The molecule has 2 aromatic carbocycles. The molecule has 6 heteroatoms. The third-order valence-corrected chi connectivity index (χ3v) is 3.00. The van der Waals surface area contributed by atoms with Crippen molar-refractivity contribution >= 4 is 5.84 Å². The lowest BCUT2D eigenvalue weighted by molar-refractivity contribution is -0.137. The van der Waals surface area contributed by atoms with Crippen LogP contribution in [0.15, 0.2) is 53.5 Å². The smallest absolute Gasteiger partial charge is 0.383 e. The second-order valence-corrected chi connectivity index (χ2v) is 4.59. The number of hydrogen-bond acceptors (Lipinski definition) is 2. The predicted molar refractivity (Wildman–Crippen MR) is 77.0 cm³/mol. The number of rotatable bonds is 3. The molecule has 112 valence electrons. The summed E-state index contributed by atoms with van der Waals surface area (Å²) in [4.78, 5) is 4.14. The third kappa shape index (κ3) is 3.85. The van der Waals surface area contributed by atoms with Crippen LogP contribution in [0.1, 0.15) is 22.3 Å². The summed E-state index contributed by atoms with van der Waals surface area (Å²) in [7, 11) is 0. The largest absolute Gasteiger partial charge is 0.416 e. The molecule has 2 N–H and O–H groups in total. The van der Waals surface area contributed by atoms with Crippen LogP contribution < -0.4 is 5.73 Å². The highest BCUT2D eigenvalue weighted by Gasteiger charge is 2.29. The molecule has 0 radical (unpaired) electrons. The van der Waals surface area contributed by atoms with E-state index in [9.17, 15) is 13.2 Å². The average molecular weight is 303 g/mol. The summed E-state index contributed by atoms with van der Waals surface area (Å²) in [5.41, 5.74) is 6.81. The average Bonchev–Trinajstić information content (AvgIpc) is 2.52. The predicted octanol–water partition coefficient (Wildman–Crippen LogP) is 3.48. The van der Waals surface area contributed by atoms with Crippen molar-refractivity contribution in [3.05, 3.63) is 70.8 Å². The number of nitrogens with zero attached hydrogens (tertiary/aromatic N) is 2. The van der Waals surface area contributed by atoms with Crippen molar-refractivity contribution in [3.8, 4) is 6.07 Å². The Kier molecular flexibility index (Phi) is 4.47. The van der Waals surface area contributed by atoms with Gasteiger partial charge in [-0.15, -0.1) is 0 Å². The number of benzene rings is 2. The molecule has 22 heavy (non-hydrogen) atoms. The van der Waals surface area contributed by atoms with Gasteiger partial charge in [0.1, 0.15) is 5.84 Å². The standard InChI is InChI=1S/C16H12F3N3/c17-16(18,19)14-6-4-11(5-7-14)10-22-15(21)13-3-1-2-12(8-13)9-20/h1-8H,10H2,(H2,21,22). The zero-order chi connectivity index (χ0) is 16.2. The summed E-state index contributed by atoms with van der Waals surface area (Å²) in [6.07, 6.45) is -4.35. The third-order valence-electron chi connectivity index (χ3n) is 3.00. The summed E-state index contributed by atoms with van der Waals surface area (Å²) in [6.45, 7) is 0.167. The fourth-order valence-electron chi connectivity index (χ4n) is 1.81. The van der Waals surface area contributed by atoms with Crippen molar-refractivity contribution in [1.82, 2.24) is 0 Å². The van der Waals surface area contributed by atoms with Gasteiger partial charge >= 0.3 is 6.18 Å². The molecule has 0 fully saturated rings. The summed E-state index contributed by atoms with van der Waals surface area (Å²) in [5, 5.41) is 8.82. The molecular weight excluding hydrogens is 291 g/mol. The quantitative estimate of drug-likeness (QED) is 0.697. The Hall–Kier alpha value is -2.81. The van der Waals surface area contributed by atoms with E-state index in [1.54, 1.807) is 24.3 Å². The minimum absolute atomic E-state index is 0.167. The van der Waals surface area contributed by atoms with Gasteiger partial charge in [0.05, 0.1) is 23.7 Å². The molecule has 0 aromatic heterocycles. The fourth-order valence-corrected chi connectivity index (χ4v) is 1.81. The van der Waals surface area contributed by atoms with Crippen LogP contribution in [-0.4, -0.2) is 5.84 Å². The number of alkyl halides is 3. The number of aliphatic imine (C=N–C) groups is 1. The van der Waals surface area contributed by atoms with Gasteiger partial charge in [-0.1, -0.05) is 24.3 Å². The molecule has 0 aliphatic heterocycles. The molecule has 2 rings (SSSR count). The molecule has 0 aliphatic carbocycles. The summed E-state index contributed by atoms with van der Waals surface area (Å²) in [5.74, 6) is 0.233. The van der Waals surface area contributed by atoms with Crippen molar-refractivity contribution in [1.29, 1.82) is 5.26 Å². The molecule has 0 spiro atoms. The normalized spacial score (nSPS) is 12.0. The van der Waals surface area contributed by atoms with E-state index in [2.05, 4.69) is 4.99 Å². The molecule has 0 saturated carbocycles. The molecule has 0 unspecified atom stereocenters. The minimum Gasteiger partial charge on any atom is -0.383 e. The van der Waals surface area contributed by atoms with E-state index < -0.39 is 11.7 Å². The van der Waals surface area contributed by atoms with E-state index in [0.717, 1.165) is 12.1 Å². The lowest BCUT2D eigenvalue weighted by Gasteiger charge is -2.07. The Bertz CT molecular complexity index is 726. The molecule has 3 nitrogen and oxygen atoms in total. The number of hydrogen-bond donors (Lipinski definition) is 1. The van der Waals surface area contributed by atoms with Gasteiger partial charge < -0.3 is 5.73 Å². The van der Waals surface area contributed by atoms with Gasteiger partial charge in [0, 0.05) is 5.56 Å². The van der Waals surface area contributed by atoms with Crippen LogP contribution in [0, 0.1) is 11.3 Å². The van der Waals surface area contributed by atoms with Crippen molar-refractivity contribution in [2.24, 2.45) is 10.7 Å². The highest BCUT2D eigenvalue weighted by molar-refractivity contribution is 5.97. The maximum Gasteiger partial charge on any atom is 0.416 e. The van der Waals surface area contributed by atoms with Crippen molar-refractivity contribution < 1.29 is 13.2 Å². The zero-order valence-electron chi connectivity index (χ0n) is 11.4. The monoisotopic (exact) mass is 303 g/mol. The van der Waals surface area contributed by atoms with Crippen LogP contribution in [-0.2, 0) is 12.7 Å². The maximum atomic E-state index is 12.5. The first-order valence-electron chi connectivity index (χ1n) is 6.37. The van der Waals surface area contributed by atoms with Gasteiger partial charge in [0.15, 0.2) is 0 Å². The van der Waals surface area contributed by atoms with Crippen molar-refractivity contribution in [3.63, 3.8) is 0 Å². The van der Waals surface area contributed by atoms with E-state index >= 15 is 0 Å². The van der Waals surface area contributed by atoms with Gasteiger partial charge in [-0.25, -0.2) is 0 Å². The Morgan fingerprint density at radius 3 is 2.41 bits per heavy atom. The maximum absolute atomic E-state index is 12.5. The first-order valence-corrected chi connectivity index (χ1v) is 6.37. The lowest BCUT2D eigenvalue weighted by Crippen LogP contribution is -2.13. The second kappa shape index (κ2) is 6.31. The number of nitrogens with two attached hydrogens (primary N) is 1. The van der Waals surface area contributed by atoms with Gasteiger partial charge in [-0.3, -0.25) is 4.99 Å². The molecule has 0 aliphatic rings. The lowest BCUT2D eigenvalue weighted by atomic mass is 10.1. The Morgan fingerprint density at radius 1 is 1.14 bits per heavy atom. The molecular formula is C16H12F3N3. The number of halogens is 3. The summed E-state index contributed by atoms with van der Waals surface area (Å²) in [6, 6.07) is 13.4. The molecule has 2 aromatic rings. The first-order chi connectivity index (χ1) is 10.4. The van der Waals surface area contributed by atoms with Crippen LogP contribution in [0.4, 0.5) is 13.2 Å². The van der Waals surface area contributed by atoms with Crippen molar-refractivity contribution in [2.75, 3.05) is 0 Å². The zero-order valence-corrected chi connectivity index (χ0v) is 11.4. The minimum atomic E-state index is -4.35. The van der Waals surface area contributed by atoms with E-state index in [0.29, 0.717) is 16.7 Å². The first kappa shape index (κ1) is 15.6. The summed E-state index contributed by atoms with van der Waals surface area (Å²) >= 11 is 0. The van der Waals surface area contributed by atoms with E-state index in [-0.39, 0.29) is 12.4 Å². The SMILES string of the molecule is N#Cc1cccc(C(N)=NCc2ccc(C(F)(F)F)cc2)c1. The van der Waals surface area contributed by atoms with E-state index in [4.69, 9.17) is 11.0 Å². The van der Waals surface area contributed by atoms with Crippen LogP contribution in [0.2, 0.25) is 0 Å². The topological polar surface area (TPSA) is 62.2 Å². The Labute approximate surface area is 125 Å². The Balaban J connectivity index is 2.12. The number of amidine groups is 1. The molecule has 0 saturated heterocycles. The second-order valence-electron chi connectivity index (χ2n) is 4.59. The van der Waals surface area contributed by atoms with Crippen LogP contribution in [0.25, 0.3) is 0 Å². The van der Waals surface area contributed by atoms with Gasteiger partial charge in [0.2, 0.25) is 0 Å². The fraction of sp³-hybridized carbons (Fsp3) is 0.125. The summed E-state index contributed by atoms with van der Waals surface area (Å²) < 4.78 is 37.4. The molecule has 0 atom stereocenters. The van der Waals surface area contributed by atoms with Crippen molar-refractivity contribution in [2.45, 2.75) is 12.7 Å². The molecule has 0 bridgehead atoms. The van der Waals surface area contributed by atoms with Crippen LogP contribution in [0.3, 0.4) is 0 Å². The molecule has 0 amide bonds. The van der Waals surface area contributed by atoms with Gasteiger partial charge in [-0.2, -0.15) is 18.4 Å². The van der Waals surface area contributed by atoms with Crippen LogP contribution >= 0.6 is 0 Å². The highest BCUT2D eigenvalue weighted by atomic mass is 19.4. The van der Waals surface area contributed by atoms with E-state index in [1.807, 2.05) is 6.07 Å². The molecule has 0 heterocycles. The number of nitriles is 1. The van der Waals surface area contributed by atoms with Gasteiger partial charge in [0.25, 0.3) is 0 Å².